The Bertz CT molecular complexity index is 209. The molecule has 0 aliphatic heterocycles. The third kappa shape index (κ3) is 4.12. The van der Waals surface area contributed by atoms with E-state index in [1.165, 1.54) is 19.3 Å². The van der Waals surface area contributed by atoms with Crippen LogP contribution in [0.25, 0.3) is 0 Å². The second-order valence-corrected chi connectivity index (χ2v) is 5.04. The summed E-state index contributed by atoms with van der Waals surface area (Å²) >= 11 is 0. The molecule has 2 unspecified atom stereocenters. The minimum atomic E-state index is -0.842. The van der Waals surface area contributed by atoms with Gasteiger partial charge in [-0.25, -0.2) is 0 Å². The quantitative estimate of drug-likeness (QED) is 0.735. The van der Waals surface area contributed by atoms with Crippen LogP contribution in [0.3, 0.4) is 0 Å². The first-order valence-corrected chi connectivity index (χ1v) is 6.56. The molecule has 0 bridgehead atoms. The summed E-state index contributed by atoms with van der Waals surface area (Å²) in [4.78, 5) is 11.0. The van der Waals surface area contributed by atoms with E-state index in [-0.39, 0.29) is 0 Å². The number of hydrogen-bond acceptors (Lipinski definition) is 2. The average Bonchev–Trinajstić information content (AvgIpc) is 2.26. The Balaban J connectivity index is 2.40. The van der Waals surface area contributed by atoms with Crippen LogP contribution in [0.4, 0.5) is 0 Å². The molecule has 0 aromatic rings. The summed E-state index contributed by atoms with van der Waals surface area (Å²) in [6, 6.07) is 0. The van der Waals surface area contributed by atoms with Crippen molar-refractivity contribution in [2.24, 2.45) is 11.8 Å². The smallest absolute Gasteiger partial charge is 0.309 e. The fourth-order valence-corrected chi connectivity index (χ4v) is 2.72. The van der Waals surface area contributed by atoms with Crippen molar-refractivity contribution in [2.75, 3.05) is 0 Å². The van der Waals surface area contributed by atoms with Gasteiger partial charge in [-0.1, -0.05) is 45.4 Å². The van der Waals surface area contributed by atoms with E-state index in [0.29, 0.717) is 18.8 Å². The maximum atomic E-state index is 11.0. The van der Waals surface area contributed by atoms with Crippen molar-refractivity contribution in [3.8, 4) is 0 Å². The maximum Gasteiger partial charge on any atom is 0.309 e. The van der Waals surface area contributed by atoms with E-state index in [4.69, 9.17) is 5.11 Å². The van der Waals surface area contributed by atoms with Crippen LogP contribution in [-0.4, -0.2) is 22.3 Å². The molecule has 0 spiro atoms. The lowest BCUT2D eigenvalue weighted by atomic mass is 9.82. The monoisotopic (exact) mass is 228 g/mol. The van der Waals surface area contributed by atoms with Crippen molar-refractivity contribution in [1.82, 2.24) is 0 Å². The van der Waals surface area contributed by atoms with Gasteiger partial charge in [0.1, 0.15) is 0 Å². The first kappa shape index (κ1) is 13.5. The normalized spacial score (nSPS) is 21.6. The fraction of sp³-hybridized carbons (Fsp3) is 0.923. The van der Waals surface area contributed by atoms with Gasteiger partial charge in [-0.15, -0.1) is 0 Å². The number of carboxylic acids is 1. The van der Waals surface area contributed by atoms with Crippen molar-refractivity contribution in [3.05, 3.63) is 0 Å². The molecule has 1 aliphatic carbocycles. The first-order valence-electron chi connectivity index (χ1n) is 6.56. The van der Waals surface area contributed by atoms with E-state index in [9.17, 15) is 9.90 Å². The SMILES string of the molecule is CCCC(C(=O)O)C(O)CC1CCCCC1. The highest BCUT2D eigenvalue weighted by Gasteiger charge is 2.28. The Labute approximate surface area is 97.9 Å². The van der Waals surface area contributed by atoms with Crippen molar-refractivity contribution >= 4 is 5.97 Å². The van der Waals surface area contributed by atoms with Crippen LogP contribution < -0.4 is 0 Å². The van der Waals surface area contributed by atoms with Crippen LogP contribution in [-0.2, 0) is 4.79 Å². The summed E-state index contributed by atoms with van der Waals surface area (Å²) in [5, 5.41) is 19.0. The molecule has 94 valence electrons. The van der Waals surface area contributed by atoms with Gasteiger partial charge in [0.15, 0.2) is 0 Å². The third-order valence-corrected chi connectivity index (χ3v) is 3.68. The van der Waals surface area contributed by atoms with Crippen LogP contribution in [0.1, 0.15) is 58.3 Å². The minimum absolute atomic E-state index is 0.544. The van der Waals surface area contributed by atoms with E-state index in [0.717, 1.165) is 19.3 Å². The molecule has 0 amide bonds. The molecule has 3 heteroatoms. The molecular formula is C13H24O3. The summed E-state index contributed by atoms with van der Waals surface area (Å²) in [7, 11) is 0. The Kier molecular flexibility index (Phi) is 5.81. The molecule has 3 nitrogen and oxygen atoms in total. The highest BCUT2D eigenvalue weighted by atomic mass is 16.4. The Morgan fingerprint density at radius 1 is 1.31 bits per heavy atom. The van der Waals surface area contributed by atoms with Gasteiger partial charge >= 0.3 is 5.97 Å². The predicted octanol–water partition coefficient (Wildman–Crippen LogP) is 2.82. The second kappa shape index (κ2) is 6.89. The molecule has 1 rings (SSSR count). The van der Waals surface area contributed by atoms with Crippen molar-refractivity contribution in [1.29, 1.82) is 0 Å². The van der Waals surface area contributed by atoms with Gasteiger partial charge in [0.05, 0.1) is 12.0 Å². The van der Waals surface area contributed by atoms with Gasteiger partial charge in [0.2, 0.25) is 0 Å². The summed E-state index contributed by atoms with van der Waals surface area (Å²) in [6.45, 7) is 1.96. The topological polar surface area (TPSA) is 57.5 Å². The number of aliphatic hydroxyl groups is 1. The minimum Gasteiger partial charge on any atom is -0.481 e. The third-order valence-electron chi connectivity index (χ3n) is 3.68. The number of carboxylic acid groups (broad SMARTS) is 1. The maximum absolute atomic E-state index is 11.0. The van der Waals surface area contributed by atoms with Gasteiger partial charge in [-0.3, -0.25) is 4.79 Å². The van der Waals surface area contributed by atoms with Gasteiger partial charge < -0.3 is 10.2 Å². The summed E-state index contributed by atoms with van der Waals surface area (Å²) in [5.41, 5.74) is 0. The van der Waals surface area contributed by atoms with E-state index in [1.54, 1.807) is 0 Å². The van der Waals surface area contributed by atoms with Gasteiger partial charge in [0.25, 0.3) is 0 Å². The molecule has 0 aromatic carbocycles. The number of rotatable bonds is 6. The van der Waals surface area contributed by atoms with E-state index in [1.807, 2.05) is 6.92 Å². The van der Waals surface area contributed by atoms with Crippen molar-refractivity contribution in [2.45, 2.75) is 64.4 Å². The summed E-state index contributed by atoms with van der Waals surface area (Å²) < 4.78 is 0. The predicted molar refractivity (Wildman–Crippen MR) is 63.2 cm³/mol. The molecule has 1 fully saturated rings. The number of aliphatic hydroxyl groups excluding tert-OH is 1. The van der Waals surface area contributed by atoms with Crippen LogP contribution in [0.15, 0.2) is 0 Å². The Hall–Kier alpha value is -0.570. The van der Waals surface area contributed by atoms with Crippen molar-refractivity contribution in [3.63, 3.8) is 0 Å². The summed E-state index contributed by atoms with van der Waals surface area (Å²) in [5.74, 6) is -0.862. The van der Waals surface area contributed by atoms with Gasteiger partial charge in [-0.05, 0) is 18.8 Å². The van der Waals surface area contributed by atoms with Gasteiger partial charge in [0, 0.05) is 0 Å². The highest BCUT2D eigenvalue weighted by molar-refractivity contribution is 5.70. The number of hydrogen-bond donors (Lipinski definition) is 2. The molecule has 16 heavy (non-hydrogen) atoms. The van der Waals surface area contributed by atoms with E-state index < -0.39 is 18.0 Å². The number of carbonyl (C=O) groups is 1. The average molecular weight is 228 g/mol. The van der Waals surface area contributed by atoms with Crippen LogP contribution in [0.5, 0.6) is 0 Å². The lowest BCUT2D eigenvalue weighted by molar-refractivity contribution is -0.146. The molecule has 2 atom stereocenters. The van der Waals surface area contributed by atoms with Gasteiger partial charge in [-0.2, -0.15) is 0 Å². The highest BCUT2D eigenvalue weighted by Crippen LogP contribution is 2.29. The lowest BCUT2D eigenvalue weighted by Gasteiger charge is -2.26. The molecule has 0 aromatic heterocycles. The Morgan fingerprint density at radius 2 is 1.94 bits per heavy atom. The molecule has 2 N–H and O–H groups in total. The van der Waals surface area contributed by atoms with Crippen LogP contribution >= 0.6 is 0 Å². The zero-order valence-electron chi connectivity index (χ0n) is 10.2. The Morgan fingerprint density at radius 3 is 2.44 bits per heavy atom. The van der Waals surface area contributed by atoms with Crippen molar-refractivity contribution < 1.29 is 15.0 Å². The first-order chi connectivity index (χ1) is 7.65. The zero-order chi connectivity index (χ0) is 12.0. The standard InChI is InChI=1S/C13H24O3/c1-2-6-11(13(15)16)12(14)9-10-7-4-3-5-8-10/h10-12,14H,2-9H2,1H3,(H,15,16). The second-order valence-electron chi connectivity index (χ2n) is 5.04. The van der Waals surface area contributed by atoms with E-state index >= 15 is 0 Å². The molecule has 1 aliphatic rings. The molecule has 0 heterocycles. The fourth-order valence-electron chi connectivity index (χ4n) is 2.72. The largest absolute Gasteiger partial charge is 0.481 e. The summed E-state index contributed by atoms with van der Waals surface area (Å²) in [6.07, 6.45) is 7.53. The molecule has 1 saturated carbocycles. The zero-order valence-corrected chi connectivity index (χ0v) is 10.2. The molecular weight excluding hydrogens is 204 g/mol. The number of aliphatic carboxylic acids is 1. The molecule has 0 radical (unpaired) electrons. The van der Waals surface area contributed by atoms with Crippen LogP contribution in [0.2, 0.25) is 0 Å². The lowest BCUT2D eigenvalue weighted by Crippen LogP contribution is -2.30. The molecule has 0 saturated heterocycles. The van der Waals surface area contributed by atoms with Crippen LogP contribution in [0, 0.1) is 11.8 Å². The van der Waals surface area contributed by atoms with E-state index in [2.05, 4.69) is 0 Å².